The Hall–Kier alpha value is -2.32. The van der Waals surface area contributed by atoms with Gasteiger partial charge >= 0.3 is 0 Å². The first-order valence-electron chi connectivity index (χ1n) is 11.8. The van der Waals surface area contributed by atoms with Gasteiger partial charge in [-0.2, -0.15) is 4.98 Å². The number of fused-ring (bicyclic) bond motifs is 1. The van der Waals surface area contributed by atoms with Crippen molar-refractivity contribution in [3.63, 3.8) is 0 Å². The van der Waals surface area contributed by atoms with Gasteiger partial charge in [-0.25, -0.2) is 9.97 Å². The third kappa shape index (κ3) is 4.30. The average Bonchev–Trinajstić information content (AvgIpc) is 3.39. The Kier molecular flexibility index (Phi) is 5.99. The van der Waals surface area contributed by atoms with Crippen LogP contribution in [0.15, 0.2) is 12.3 Å². The van der Waals surface area contributed by atoms with Crippen LogP contribution in [-0.2, 0) is 6.42 Å². The molecule has 3 N–H and O–H groups in total. The molecule has 2 aliphatic carbocycles. The van der Waals surface area contributed by atoms with Crippen LogP contribution in [0.5, 0.6) is 0 Å². The standard InChI is InChI=1S/C24H32N6OS/c1-4-18-21-19(9-10-25-18)32-23(29-21)20-14(3)27-24(26-13(2)16-6-7-16)30-22(20)28-17-8-5-15(11-17)12-31/h9-10,13,15-17,31H,4-8,11-12H2,1-3H3,(H2,26,27,28,30)/t13-,15-,17+/m1/s1. The normalized spacial score (nSPS) is 21.8. The van der Waals surface area contributed by atoms with Crippen LogP contribution in [0, 0.1) is 18.8 Å². The molecule has 8 heteroatoms. The van der Waals surface area contributed by atoms with Gasteiger partial charge in [-0.3, -0.25) is 4.98 Å². The molecule has 3 heterocycles. The average molecular weight is 453 g/mol. The Balaban J connectivity index is 1.54. The first kappa shape index (κ1) is 21.5. The van der Waals surface area contributed by atoms with Gasteiger partial charge < -0.3 is 15.7 Å². The minimum Gasteiger partial charge on any atom is -0.396 e. The van der Waals surface area contributed by atoms with Crippen molar-refractivity contribution in [2.24, 2.45) is 11.8 Å². The SMILES string of the molecule is CCc1nccc2sc(-c3c(C)nc(N[C@H](C)C4CC4)nc3N[C@H]3CC[C@@H](CO)C3)nc12. The van der Waals surface area contributed by atoms with E-state index in [4.69, 9.17) is 15.0 Å². The predicted molar refractivity (Wildman–Crippen MR) is 130 cm³/mol. The Morgan fingerprint density at radius 2 is 2.03 bits per heavy atom. The summed E-state index contributed by atoms with van der Waals surface area (Å²) in [6.07, 6.45) is 8.33. The molecule has 0 spiro atoms. The fourth-order valence-corrected chi connectivity index (χ4v) is 5.83. The molecule has 0 bridgehead atoms. The van der Waals surface area contributed by atoms with Crippen molar-refractivity contribution in [2.75, 3.05) is 17.2 Å². The van der Waals surface area contributed by atoms with Crippen LogP contribution in [0.1, 0.15) is 57.3 Å². The van der Waals surface area contributed by atoms with E-state index in [0.29, 0.717) is 23.9 Å². The van der Waals surface area contributed by atoms with E-state index in [1.54, 1.807) is 11.3 Å². The lowest BCUT2D eigenvalue weighted by Crippen LogP contribution is -2.22. The topological polar surface area (TPSA) is 95.9 Å². The minimum atomic E-state index is 0.254. The van der Waals surface area contributed by atoms with E-state index in [1.165, 1.54) is 12.8 Å². The summed E-state index contributed by atoms with van der Waals surface area (Å²) < 4.78 is 1.14. The van der Waals surface area contributed by atoms with E-state index < -0.39 is 0 Å². The van der Waals surface area contributed by atoms with E-state index in [1.807, 2.05) is 19.2 Å². The lowest BCUT2D eigenvalue weighted by Gasteiger charge is -2.20. The minimum absolute atomic E-state index is 0.254. The molecule has 3 aromatic rings. The molecule has 0 unspecified atom stereocenters. The van der Waals surface area contributed by atoms with E-state index in [9.17, 15) is 5.11 Å². The molecular formula is C24H32N6OS. The van der Waals surface area contributed by atoms with E-state index in [2.05, 4.69) is 29.5 Å². The quantitative estimate of drug-likeness (QED) is 0.452. The first-order chi connectivity index (χ1) is 15.6. The number of thiazole rings is 1. The van der Waals surface area contributed by atoms with Gasteiger partial charge in [-0.15, -0.1) is 11.3 Å². The van der Waals surface area contributed by atoms with E-state index in [-0.39, 0.29) is 6.61 Å². The summed E-state index contributed by atoms with van der Waals surface area (Å²) in [5.41, 5.74) is 3.91. The summed E-state index contributed by atoms with van der Waals surface area (Å²) in [5.74, 6) is 2.62. The molecule has 3 aromatic heterocycles. The summed E-state index contributed by atoms with van der Waals surface area (Å²) in [6.45, 7) is 6.63. The van der Waals surface area contributed by atoms with Gasteiger partial charge in [0.25, 0.3) is 0 Å². The van der Waals surface area contributed by atoms with Crippen molar-refractivity contribution >= 4 is 33.3 Å². The first-order valence-corrected chi connectivity index (χ1v) is 12.6. The Bertz CT molecular complexity index is 1110. The molecule has 2 fully saturated rings. The number of aryl methyl sites for hydroxylation is 2. The van der Waals surface area contributed by atoms with Gasteiger partial charge in [0.05, 0.1) is 21.7 Å². The third-order valence-electron chi connectivity index (χ3n) is 6.85. The predicted octanol–water partition coefficient (Wildman–Crippen LogP) is 4.80. The number of nitrogens with one attached hydrogen (secondary N) is 2. The van der Waals surface area contributed by atoms with Crippen LogP contribution in [0.25, 0.3) is 20.8 Å². The third-order valence-corrected chi connectivity index (χ3v) is 7.89. The highest BCUT2D eigenvalue weighted by Crippen LogP contribution is 2.39. The Morgan fingerprint density at radius 1 is 1.19 bits per heavy atom. The van der Waals surface area contributed by atoms with Gasteiger partial charge in [-0.1, -0.05) is 6.92 Å². The van der Waals surface area contributed by atoms with Crippen LogP contribution in [0.4, 0.5) is 11.8 Å². The molecule has 3 atom stereocenters. The fourth-order valence-electron chi connectivity index (χ4n) is 4.75. The Labute approximate surface area is 193 Å². The molecule has 2 aliphatic rings. The molecular weight excluding hydrogens is 420 g/mol. The molecule has 0 radical (unpaired) electrons. The van der Waals surface area contributed by atoms with Crippen LogP contribution in [0.2, 0.25) is 0 Å². The number of nitrogens with zero attached hydrogens (tertiary/aromatic N) is 4. The summed E-state index contributed by atoms with van der Waals surface area (Å²) in [6, 6.07) is 2.71. The van der Waals surface area contributed by atoms with Crippen molar-refractivity contribution in [3.8, 4) is 10.6 Å². The van der Waals surface area contributed by atoms with E-state index in [0.717, 1.165) is 69.6 Å². The highest BCUT2D eigenvalue weighted by Gasteiger charge is 2.30. The van der Waals surface area contributed by atoms with Crippen LogP contribution < -0.4 is 10.6 Å². The van der Waals surface area contributed by atoms with Crippen molar-refractivity contribution in [2.45, 2.75) is 71.4 Å². The number of aliphatic hydroxyl groups excluding tert-OH is 1. The van der Waals surface area contributed by atoms with Crippen molar-refractivity contribution in [1.82, 2.24) is 19.9 Å². The maximum atomic E-state index is 9.58. The summed E-state index contributed by atoms with van der Waals surface area (Å²) in [7, 11) is 0. The van der Waals surface area contributed by atoms with Crippen molar-refractivity contribution in [1.29, 1.82) is 0 Å². The molecule has 0 aliphatic heterocycles. The number of pyridine rings is 1. The monoisotopic (exact) mass is 452 g/mol. The highest BCUT2D eigenvalue weighted by molar-refractivity contribution is 7.21. The molecule has 5 rings (SSSR count). The largest absolute Gasteiger partial charge is 0.396 e. The lowest BCUT2D eigenvalue weighted by molar-refractivity contribution is 0.229. The second kappa shape index (κ2) is 8.90. The van der Waals surface area contributed by atoms with Gasteiger partial charge in [0.15, 0.2) is 0 Å². The van der Waals surface area contributed by atoms with Crippen molar-refractivity contribution in [3.05, 3.63) is 23.7 Å². The smallest absolute Gasteiger partial charge is 0.225 e. The zero-order valence-electron chi connectivity index (χ0n) is 19.1. The molecule has 170 valence electrons. The summed E-state index contributed by atoms with van der Waals surface area (Å²) in [4.78, 5) is 19.3. The zero-order chi connectivity index (χ0) is 22.2. The molecule has 0 saturated heterocycles. The van der Waals surface area contributed by atoms with Crippen LogP contribution in [0.3, 0.4) is 0 Å². The number of aromatic nitrogens is 4. The fraction of sp³-hybridized carbons (Fsp3) is 0.583. The Morgan fingerprint density at radius 3 is 2.75 bits per heavy atom. The summed E-state index contributed by atoms with van der Waals surface area (Å²) in [5, 5.41) is 17.7. The molecule has 2 saturated carbocycles. The summed E-state index contributed by atoms with van der Waals surface area (Å²) >= 11 is 1.67. The maximum absolute atomic E-state index is 9.58. The van der Waals surface area contributed by atoms with Crippen molar-refractivity contribution < 1.29 is 5.11 Å². The van der Waals surface area contributed by atoms with Crippen LogP contribution >= 0.6 is 11.3 Å². The lowest BCUT2D eigenvalue weighted by atomic mass is 10.1. The highest BCUT2D eigenvalue weighted by atomic mass is 32.1. The second-order valence-electron chi connectivity index (χ2n) is 9.31. The van der Waals surface area contributed by atoms with Crippen LogP contribution in [-0.4, -0.2) is 43.7 Å². The molecule has 7 nitrogen and oxygen atoms in total. The number of rotatable bonds is 8. The van der Waals surface area contributed by atoms with Gasteiger partial charge in [0.2, 0.25) is 5.95 Å². The molecule has 0 aromatic carbocycles. The number of hydrogen-bond acceptors (Lipinski definition) is 8. The van der Waals surface area contributed by atoms with Gasteiger partial charge in [-0.05, 0) is 70.3 Å². The maximum Gasteiger partial charge on any atom is 0.225 e. The number of anilines is 2. The van der Waals surface area contributed by atoms with E-state index >= 15 is 0 Å². The second-order valence-corrected chi connectivity index (χ2v) is 10.3. The number of aliphatic hydroxyl groups is 1. The zero-order valence-corrected chi connectivity index (χ0v) is 19.9. The van der Waals surface area contributed by atoms with Gasteiger partial charge in [0.1, 0.15) is 16.3 Å². The number of hydrogen-bond donors (Lipinski definition) is 3. The molecule has 0 amide bonds. The van der Waals surface area contributed by atoms with Gasteiger partial charge in [0, 0.05) is 24.9 Å². The molecule has 32 heavy (non-hydrogen) atoms.